The van der Waals surface area contributed by atoms with Crippen LogP contribution in [0.4, 0.5) is 0 Å². The van der Waals surface area contributed by atoms with Gasteiger partial charge in [0.05, 0.1) is 12.1 Å². The van der Waals surface area contributed by atoms with E-state index in [4.69, 9.17) is 0 Å². The van der Waals surface area contributed by atoms with Gasteiger partial charge in [-0.25, -0.2) is 0 Å². The van der Waals surface area contributed by atoms with Crippen molar-refractivity contribution >= 4 is 11.8 Å². The summed E-state index contributed by atoms with van der Waals surface area (Å²) >= 11 is 0. The van der Waals surface area contributed by atoms with Gasteiger partial charge in [0, 0.05) is 26.1 Å². The van der Waals surface area contributed by atoms with Gasteiger partial charge in [0.25, 0.3) is 5.91 Å². The summed E-state index contributed by atoms with van der Waals surface area (Å²) in [5.41, 5.74) is 3.58. The molecule has 1 aliphatic heterocycles. The molecule has 156 valence electrons. The van der Waals surface area contributed by atoms with Crippen molar-refractivity contribution in [3.8, 4) is 17.2 Å². The Morgan fingerprint density at radius 3 is 2.57 bits per heavy atom. The molecular formula is C24H28N4O2. The van der Waals surface area contributed by atoms with Gasteiger partial charge in [-0.05, 0) is 48.2 Å². The van der Waals surface area contributed by atoms with E-state index in [0.29, 0.717) is 12.0 Å². The van der Waals surface area contributed by atoms with Crippen LogP contribution in [0.2, 0.25) is 0 Å². The monoisotopic (exact) mass is 404 g/mol. The number of benzene rings is 2. The second-order valence-corrected chi connectivity index (χ2v) is 7.87. The molecule has 2 aromatic rings. The highest BCUT2D eigenvalue weighted by atomic mass is 16.2. The number of hydrogen-bond donors (Lipinski definition) is 2. The normalized spacial score (nSPS) is 16.9. The number of rotatable bonds is 6. The number of nitrogens with one attached hydrogen (secondary N) is 2. The number of amides is 2. The molecule has 6 heteroatoms. The first-order valence-electron chi connectivity index (χ1n) is 10.3. The highest BCUT2D eigenvalue weighted by Crippen LogP contribution is 2.22. The van der Waals surface area contributed by atoms with Crippen LogP contribution in [-0.2, 0) is 11.2 Å². The van der Waals surface area contributed by atoms with Crippen LogP contribution in [0.15, 0.2) is 48.5 Å². The number of hydrogen-bond acceptors (Lipinski definition) is 4. The summed E-state index contributed by atoms with van der Waals surface area (Å²) in [5, 5.41) is 15.5. The predicted molar refractivity (Wildman–Crippen MR) is 117 cm³/mol. The SMILES string of the molecule is CN(C)C(=O)c1cccc(-c2ccc(CC(C#N)NC(=O)[C@@H]3CCCCN3)cc2)c1. The Bertz CT molecular complexity index is 925. The third-order valence-electron chi connectivity index (χ3n) is 5.34. The molecule has 0 spiro atoms. The Morgan fingerprint density at radius 2 is 1.93 bits per heavy atom. The third kappa shape index (κ3) is 5.46. The highest BCUT2D eigenvalue weighted by Gasteiger charge is 2.23. The van der Waals surface area contributed by atoms with Crippen molar-refractivity contribution in [2.45, 2.75) is 37.8 Å². The van der Waals surface area contributed by atoms with Gasteiger partial charge >= 0.3 is 0 Å². The number of piperidine rings is 1. The van der Waals surface area contributed by atoms with Crippen LogP contribution in [0.25, 0.3) is 11.1 Å². The Morgan fingerprint density at radius 1 is 1.17 bits per heavy atom. The zero-order valence-electron chi connectivity index (χ0n) is 17.5. The zero-order valence-corrected chi connectivity index (χ0v) is 17.5. The molecule has 3 rings (SSSR count). The van der Waals surface area contributed by atoms with E-state index in [1.165, 1.54) is 0 Å². The van der Waals surface area contributed by atoms with Crippen molar-refractivity contribution in [3.05, 3.63) is 59.7 Å². The maximum atomic E-state index is 12.4. The summed E-state index contributed by atoms with van der Waals surface area (Å²) in [6, 6.07) is 16.9. The lowest BCUT2D eigenvalue weighted by atomic mass is 9.99. The quantitative estimate of drug-likeness (QED) is 0.775. The molecule has 2 amide bonds. The average molecular weight is 405 g/mol. The van der Waals surface area contributed by atoms with Crippen molar-refractivity contribution in [2.24, 2.45) is 0 Å². The van der Waals surface area contributed by atoms with E-state index in [9.17, 15) is 14.9 Å². The van der Waals surface area contributed by atoms with Gasteiger partial charge in [-0.1, -0.05) is 42.8 Å². The number of carbonyl (C=O) groups excluding carboxylic acids is 2. The molecule has 0 saturated carbocycles. The molecule has 0 bridgehead atoms. The highest BCUT2D eigenvalue weighted by molar-refractivity contribution is 5.95. The molecule has 1 saturated heterocycles. The number of nitrogens with zero attached hydrogens (tertiary/aromatic N) is 2. The summed E-state index contributed by atoms with van der Waals surface area (Å²) in [6.45, 7) is 0.845. The molecule has 1 fully saturated rings. The fraction of sp³-hybridized carbons (Fsp3) is 0.375. The van der Waals surface area contributed by atoms with Crippen molar-refractivity contribution in [1.82, 2.24) is 15.5 Å². The largest absolute Gasteiger partial charge is 0.345 e. The fourth-order valence-corrected chi connectivity index (χ4v) is 3.64. The van der Waals surface area contributed by atoms with E-state index in [2.05, 4.69) is 16.7 Å². The molecule has 1 heterocycles. The van der Waals surface area contributed by atoms with E-state index >= 15 is 0 Å². The lowest BCUT2D eigenvalue weighted by Crippen LogP contribution is -2.49. The van der Waals surface area contributed by atoms with Gasteiger partial charge in [-0.3, -0.25) is 9.59 Å². The average Bonchev–Trinajstić information content (AvgIpc) is 2.79. The molecule has 1 unspecified atom stereocenters. The second-order valence-electron chi connectivity index (χ2n) is 7.87. The minimum atomic E-state index is -0.562. The molecule has 6 nitrogen and oxygen atoms in total. The Hall–Kier alpha value is -3.17. The van der Waals surface area contributed by atoms with Gasteiger partial charge in [0.2, 0.25) is 5.91 Å². The maximum Gasteiger partial charge on any atom is 0.253 e. The molecular weight excluding hydrogens is 376 g/mol. The summed E-state index contributed by atoms with van der Waals surface area (Å²) in [6.07, 6.45) is 3.39. The summed E-state index contributed by atoms with van der Waals surface area (Å²) in [5.74, 6) is -0.131. The van der Waals surface area contributed by atoms with Crippen molar-refractivity contribution < 1.29 is 9.59 Å². The van der Waals surface area contributed by atoms with E-state index < -0.39 is 6.04 Å². The maximum absolute atomic E-state index is 12.4. The Balaban J connectivity index is 1.65. The molecule has 30 heavy (non-hydrogen) atoms. The summed E-state index contributed by atoms with van der Waals surface area (Å²) in [7, 11) is 3.47. The smallest absolute Gasteiger partial charge is 0.253 e. The first-order chi connectivity index (χ1) is 14.5. The van der Waals surface area contributed by atoms with Crippen LogP contribution < -0.4 is 10.6 Å². The van der Waals surface area contributed by atoms with Gasteiger partial charge in [0.1, 0.15) is 6.04 Å². The van der Waals surface area contributed by atoms with Gasteiger partial charge < -0.3 is 15.5 Å². The first kappa shape index (κ1) is 21.5. The van der Waals surface area contributed by atoms with Gasteiger partial charge in [-0.2, -0.15) is 5.26 Å². The second kappa shape index (κ2) is 10.0. The van der Waals surface area contributed by atoms with Crippen LogP contribution in [0.3, 0.4) is 0 Å². The molecule has 2 N–H and O–H groups in total. The molecule has 0 aliphatic carbocycles. The molecule has 2 aromatic carbocycles. The molecule has 1 aliphatic rings. The van der Waals surface area contributed by atoms with Crippen LogP contribution >= 0.6 is 0 Å². The van der Waals surface area contributed by atoms with E-state index in [1.54, 1.807) is 19.0 Å². The van der Waals surface area contributed by atoms with Crippen LogP contribution in [0.1, 0.15) is 35.2 Å². The van der Waals surface area contributed by atoms with E-state index in [-0.39, 0.29) is 17.9 Å². The third-order valence-corrected chi connectivity index (χ3v) is 5.34. The van der Waals surface area contributed by atoms with Crippen LogP contribution in [0.5, 0.6) is 0 Å². The van der Waals surface area contributed by atoms with E-state index in [0.717, 1.165) is 42.5 Å². The zero-order chi connectivity index (χ0) is 21.5. The standard InChI is InChI=1S/C24H28N4O2/c1-28(2)24(30)20-7-5-6-19(15-20)18-11-9-17(10-12-18)14-21(16-25)27-23(29)22-8-3-4-13-26-22/h5-7,9-12,15,21-22,26H,3-4,8,13-14H2,1-2H3,(H,27,29)/t21?,22-/m0/s1. The Labute approximate surface area is 177 Å². The molecule has 0 radical (unpaired) electrons. The fourth-order valence-electron chi connectivity index (χ4n) is 3.64. The van der Waals surface area contributed by atoms with Crippen LogP contribution in [0, 0.1) is 11.3 Å². The Kier molecular flexibility index (Phi) is 7.21. The van der Waals surface area contributed by atoms with Gasteiger partial charge in [0.15, 0.2) is 0 Å². The minimum absolute atomic E-state index is 0.0338. The first-order valence-corrected chi connectivity index (χ1v) is 10.3. The van der Waals surface area contributed by atoms with Crippen LogP contribution in [-0.4, -0.2) is 49.4 Å². The molecule has 0 aromatic heterocycles. The lowest BCUT2D eigenvalue weighted by molar-refractivity contribution is -0.124. The topological polar surface area (TPSA) is 85.2 Å². The van der Waals surface area contributed by atoms with Crippen molar-refractivity contribution in [2.75, 3.05) is 20.6 Å². The number of nitriles is 1. The lowest BCUT2D eigenvalue weighted by Gasteiger charge is -2.23. The van der Waals surface area contributed by atoms with Crippen molar-refractivity contribution in [3.63, 3.8) is 0 Å². The van der Waals surface area contributed by atoms with E-state index in [1.807, 2.05) is 48.5 Å². The summed E-state index contributed by atoms with van der Waals surface area (Å²) < 4.78 is 0. The minimum Gasteiger partial charge on any atom is -0.345 e. The van der Waals surface area contributed by atoms with Gasteiger partial charge in [-0.15, -0.1) is 0 Å². The van der Waals surface area contributed by atoms with Crippen molar-refractivity contribution in [1.29, 1.82) is 5.26 Å². The predicted octanol–water partition coefficient (Wildman–Crippen LogP) is 2.75. The summed E-state index contributed by atoms with van der Waals surface area (Å²) in [4.78, 5) is 26.1. The number of carbonyl (C=O) groups is 2. The molecule has 2 atom stereocenters.